The Hall–Kier alpha value is -1.51. The molecule has 0 radical (unpaired) electrons. The Bertz CT molecular complexity index is 745. The summed E-state index contributed by atoms with van der Waals surface area (Å²) in [6, 6.07) is 15.1. The first-order chi connectivity index (χ1) is 11.6. The lowest BCUT2D eigenvalue weighted by molar-refractivity contribution is 0.240. The minimum Gasteiger partial charge on any atom is -0.495 e. The van der Waals surface area contributed by atoms with Gasteiger partial charge in [0.05, 0.1) is 12.1 Å². The van der Waals surface area contributed by atoms with Gasteiger partial charge in [-0.15, -0.1) is 0 Å². The zero-order valence-corrected chi connectivity index (χ0v) is 15.1. The molecule has 0 amide bonds. The van der Waals surface area contributed by atoms with Crippen LogP contribution in [0.25, 0.3) is 0 Å². The molecule has 1 heterocycles. The monoisotopic (exact) mass is 341 g/mol. The number of fused-ring (bicyclic) bond motifs is 3. The highest BCUT2D eigenvalue weighted by molar-refractivity contribution is 6.33. The minimum absolute atomic E-state index is 0.347. The third-order valence-electron chi connectivity index (χ3n) is 5.90. The van der Waals surface area contributed by atoms with Gasteiger partial charge in [0, 0.05) is 25.6 Å². The van der Waals surface area contributed by atoms with Crippen molar-refractivity contribution in [3.8, 4) is 5.75 Å². The summed E-state index contributed by atoms with van der Waals surface area (Å²) in [6.07, 6.45) is 2.25. The molecule has 4 rings (SSSR count). The first-order valence-corrected chi connectivity index (χ1v) is 9.10. The summed E-state index contributed by atoms with van der Waals surface area (Å²) in [5.41, 5.74) is 4.48. The van der Waals surface area contributed by atoms with Gasteiger partial charge in [-0.05, 0) is 41.0 Å². The van der Waals surface area contributed by atoms with E-state index in [0.717, 1.165) is 36.8 Å². The number of hydrogen-bond acceptors (Lipinski definition) is 2. The van der Waals surface area contributed by atoms with E-state index in [1.807, 2.05) is 6.07 Å². The molecule has 126 valence electrons. The maximum atomic E-state index is 6.59. The molecule has 2 nitrogen and oxygen atoms in total. The average molecular weight is 342 g/mol. The number of benzene rings is 2. The van der Waals surface area contributed by atoms with E-state index in [9.17, 15) is 0 Å². The SMILES string of the molecule is COc1ccc2c(c1Cl)CC[C@@]1(C)CN(Cc3ccccc3)C[C@H]21. The summed E-state index contributed by atoms with van der Waals surface area (Å²) < 4.78 is 5.41. The summed E-state index contributed by atoms with van der Waals surface area (Å²) in [5.74, 6) is 1.37. The van der Waals surface area contributed by atoms with Crippen molar-refractivity contribution >= 4 is 11.6 Å². The lowest BCUT2D eigenvalue weighted by atomic mass is 9.67. The molecule has 2 aromatic rings. The van der Waals surface area contributed by atoms with Crippen LogP contribution in [0.3, 0.4) is 0 Å². The Morgan fingerprint density at radius 1 is 1.21 bits per heavy atom. The first kappa shape index (κ1) is 16.0. The minimum atomic E-state index is 0.347. The smallest absolute Gasteiger partial charge is 0.137 e. The van der Waals surface area contributed by atoms with Gasteiger partial charge in [0.25, 0.3) is 0 Å². The van der Waals surface area contributed by atoms with E-state index in [-0.39, 0.29) is 0 Å². The maximum Gasteiger partial charge on any atom is 0.137 e. The van der Waals surface area contributed by atoms with Gasteiger partial charge in [-0.25, -0.2) is 0 Å². The average Bonchev–Trinajstić information content (AvgIpc) is 2.92. The molecule has 0 N–H and O–H groups in total. The molecular weight excluding hydrogens is 318 g/mol. The van der Waals surface area contributed by atoms with E-state index in [2.05, 4.69) is 48.2 Å². The van der Waals surface area contributed by atoms with Crippen LogP contribution >= 0.6 is 11.6 Å². The van der Waals surface area contributed by atoms with Gasteiger partial charge in [-0.3, -0.25) is 4.90 Å². The third-order valence-corrected chi connectivity index (χ3v) is 6.32. The Morgan fingerprint density at radius 2 is 2.00 bits per heavy atom. The summed E-state index contributed by atoms with van der Waals surface area (Å²) in [5, 5.41) is 0.818. The largest absolute Gasteiger partial charge is 0.495 e. The van der Waals surface area contributed by atoms with Crippen molar-refractivity contribution in [3.63, 3.8) is 0 Å². The van der Waals surface area contributed by atoms with Crippen LogP contribution in [-0.4, -0.2) is 25.1 Å². The topological polar surface area (TPSA) is 12.5 Å². The second kappa shape index (κ2) is 6.09. The lowest BCUT2D eigenvalue weighted by Crippen LogP contribution is -2.30. The van der Waals surface area contributed by atoms with E-state index >= 15 is 0 Å². The summed E-state index contributed by atoms with van der Waals surface area (Å²) >= 11 is 6.59. The molecule has 1 aliphatic heterocycles. The highest BCUT2D eigenvalue weighted by atomic mass is 35.5. The predicted molar refractivity (Wildman–Crippen MR) is 98.9 cm³/mol. The van der Waals surface area contributed by atoms with Crippen molar-refractivity contribution in [2.45, 2.75) is 32.2 Å². The van der Waals surface area contributed by atoms with Crippen LogP contribution < -0.4 is 4.74 Å². The van der Waals surface area contributed by atoms with Gasteiger partial charge in [-0.2, -0.15) is 0 Å². The fourth-order valence-electron chi connectivity index (χ4n) is 4.62. The number of ether oxygens (including phenoxy) is 1. The molecule has 0 bridgehead atoms. The van der Waals surface area contributed by atoms with Gasteiger partial charge in [-0.1, -0.05) is 54.9 Å². The van der Waals surface area contributed by atoms with Crippen molar-refractivity contribution in [1.29, 1.82) is 0 Å². The van der Waals surface area contributed by atoms with Crippen LogP contribution in [0.2, 0.25) is 5.02 Å². The van der Waals surface area contributed by atoms with Gasteiger partial charge >= 0.3 is 0 Å². The Labute approximate surface area is 149 Å². The van der Waals surface area contributed by atoms with Crippen LogP contribution in [-0.2, 0) is 13.0 Å². The molecule has 1 saturated heterocycles. The van der Waals surface area contributed by atoms with Crippen LogP contribution in [0, 0.1) is 5.41 Å². The molecule has 3 heteroatoms. The van der Waals surface area contributed by atoms with Crippen molar-refractivity contribution < 1.29 is 4.74 Å². The molecule has 0 spiro atoms. The van der Waals surface area contributed by atoms with Crippen LogP contribution in [0.1, 0.15) is 36.0 Å². The van der Waals surface area contributed by atoms with Gasteiger partial charge in [0.15, 0.2) is 0 Å². The fourth-order valence-corrected chi connectivity index (χ4v) is 4.96. The fraction of sp³-hybridized carbons (Fsp3) is 0.429. The van der Waals surface area contributed by atoms with Gasteiger partial charge in [0.2, 0.25) is 0 Å². The molecule has 2 aliphatic rings. The van der Waals surface area contributed by atoms with Gasteiger partial charge < -0.3 is 4.74 Å². The van der Waals surface area contributed by atoms with Crippen LogP contribution in [0.4, 0.5) is 0 Å². The number of halogens is 1. The number of hydrogen-bond donors (Lipinski definition) is 0. The maximum absolute atomic E-state index is 6.59. The molecule has 0 unspecified atom stereocenters. The zero-order valence-electron chi connectivity index (χ0n) is 14.4. The number of methoxy groups -OCH3 is 1. The zero-order chi connectivity index (χ0) is 16.7. The third kappa shape index (κ3) is 2.62. The summed E-state index contributed by atoms with van der Waals surface area (Å²) in [4.78, 5) is 2.60. The van der Waals surface area contributed by atoms with Crippen molar-refractivity contribution in [2.24, 2.45) is 5.41 Å². The number of likely N-dealkylation sites (tertiary alicyclic amines) is 1. The number of nitrogens with zero attached hydrogens (tertiary/aromatic N) is 1. The standard InChI is InChI=1S/C21H24ClNO/c1-21-11-10-17-16(8-9-19(24-2)20(17)22)18(21)13-23(14-21)12-15-6-4-3-5-7-15/h3-9,18H,10-14H2,1-2H3/t18-,21+/m1/s1. The van der Waals surface area contributed by atoms with Crippen LogP contribution in [0.5, 0.6) is 5.75 Å². The lowest BCUT2D eigenvalue weighted by Gasteiger charge is -2.37. The Morgan fingerprint density at radius 3 is 2.75 bits per heavy atom. The van der Waals surface area contributed by atoms with E-state index in [1.165, 1.54) is 23.1 Å². The summed E-state index contributed by atoms with van der Waals surface area (Å²) in [6.45, 7) is 5.76. The quantitative estimate of drug-likeness (QED) is 0.787. The molecule has 1 aliphatic carbocycles. The molecule has 24 heavy (non-hydrogen) atoms. The molecule has 0 saturated carbocycles. The van der Waals surface area contributed by atoms with Crippen molar-refractivity contribution in [1.82, 2.24) is 4.90 Å². The second-order valence-corrected chi connectivity index (χ2v) is 7.89. The molecule has 2 aromatic carbocycles. The summed E-state index contributed by atoms with van der Waals surface area (Å²) in [7, 11) is 1.69. The van der Waals surface area contributed by atoms with E-state index in [0.29, 0.717) is 11.3 Å². The molecular formula is C21H24ClNO. The van der Waals surface area contributed by atoms with Crippen molar-refractivity contribution in [2.75, 3.05) is 20.2 Å². The normalized spacial score (nSPS) is 26.0. The molecule has 2 atom stereocenters. The highest BCUT2D eigenvalue weighted by Crippen LogP contribution is 2.52. The first-order valence-electron chi connectivity index (χ1n) is 8.72. The van der Waals surface area contributed by atoms with E-state index in [1.54, 1.807) is 7.11 Å². The Balaban J connectivity index is 1.62. The van der Waals surface area contributed by atoms with Gasteiger partial charge in [0.1, 0.15) is 5.75 Å². The van der Waals surface area contributed by atoms with E-state index in [4.69, 9.17) is 16.3 Å². The van der Waals surface area contributed by atoms with Crippen molar-refractivity contribution in [3.05, 3.63) is 64.2 Å². The van der Waals surface area contributed by atoms with E-state index < -0.39 is 0 Å². The number of rotatable bonds is 3. The predicted octanol–water partition coefficient (Wildman–Crippen LogP) is 4.90. The highest BCUT2D eigenvalue weighted by Gasteiger charge is 2.46. The molecule has 1 fully saturated rings. The second-order valence-electron chi connectivity index (χ2n) is 7.51. The van der Waals surface area contributed by atoms with Crippen LogP contribution in [0.15, 0.2) is 42.5 Å². The Kier molecular flexibility index (Phi) is 4.06. The molecule has 0 aromatic heterocycles.